The molecule has 3 aliphatic rings. The molecule has 0 amide bonds. The number of carbonyl (C=O) groups excluding carboxylic acids is 1. The number of carbonyl (C=O) groups is 1. The summed E-state index contributed by atoms with van der Waals surface area (Å²) in [6.07, 6.45) is 19.6. The highest BCUT2D eigenvalue weighted by atomic mass is 16.5. The predicted molar refractivity (Wildman–Crippen MR) is 229 cm³/mol. The number of aliphatic imine (C=N–C) groups is 2. The Hall–Kier alpha value is -3.41. The van der Waals surface area contributed by atoms with Crippen molar-refractivity contribution >= 4 is 18.4 Å². The number of hydrogen-bond donors (Lipinski definition) is 2. The van der Waals surface area contributed by atoms with E-state index in [1.807, 2.05) is 12.4 Å². The van der Waals surface area contributed by atoms with Crippen molar-refractivity contribution < 1.29 is 19.7 Å². The van der Waals surface area contributed by atoms with Crippen LogP contribution in [0.3, 0.4) is 0 Å². The molecule has 302 valence electrons. The van der Waals surface area contributed by atoms with Gasteiger partial charge in [-0.1, -0.05) is 133 Å². The van der Waals surface area contributed by atoms with Crippen LogP contribution in [0.5, 0.6) is 11.5 Å². The maximum Gasteiger partial charge on any atom is 0.309 e. The SMILES string of the molecule is CC(C)(C)c1cc(C=N[C@@H]2CCCC[C@H]2N=Cc2cc(C(C)(C)CCCCCCOC(=O)C3CC4C=CC3C4)cc(C(C)(C)C)c2O)c(O)c(C(C)(C)C)c1. The number of benzene rings is 2. The van der Waals surface area contributed by atoms with Crippen LogP contribution in [0.2, 0.25) is 0 Å². The van der Waals surface area contributed by atoms with Gasteiger partial charge in [0.15, 0.2) is 0 Å². The molecule has 3 unspecified atom stereocenters. The van der Waals surface area contributed by atoms with Crippen LogP contribution in [0.15, 0.2) is 46.4 Å². The van der Waals surface area contributed by atoms with Crippen molar-refractivity contribution in [2.24, 2.45) is 27.7 Å². The fourth-order valence-corrected chi connectivity index (χ4v) is 8.77. The van der Waals surface area contributed by atoms with Crippen LogP contribution in [0.1, 0.15) is 180 Å². The van der Waals surface area contributed by atoms with Gasteiger partial charge in [0.2, 0.25) is 0 Å². The summed E-state index contributed by atoms with van der Waals surface area (Å²) < 4.78 is 5.68. The molecule has 3 aliphatic carbocycles. The van der Waals surface area contributed by atoms with Crippen molar-refractivity contribution in [2.75, 3.05) is 6.61 Å². The number of allylic oxidation sites excluding steroid dienone is 2. The lowest BCUT2D eigenvalue weighted by Crippen LogP contribution is -2.27. The molecule has 5 rings (SSSR count). The average Bonchev–Trinajstić information content (AvgIpc) is 3.73. The minimum Gasteiger partial charge on any atom is -0.507 e. The van der Waals surface area contributed by atoms with E-state index in [4.69, 9.17) is 14.7 Å². The van der Waals surface area contributed by atoms with Crippen LogP contribution in [-0.4, -0.2) is 47.3 Å². The Balaban J connectivity index is 1.26. The van der Waals surface area contributed by atoms with Gasteiger partial charge in [-0.05, 0) is 95.3 Å². The molecule has 0 heterocycles. The zero-order valence-corrected chi connectivity index (χ0v) is 36.1. The summed E-state index contributed by atoms with van der Waals surface area (Å²) in [5.41, 5.74) is 5.22. The van der Waals surface area contributed by atoms with E-state index in [1.54, 1.807) is 0 Å². The number of hydrogen-bond acceptors (Lipinski definition) is 6. The summed E-state index contributed by atoms with van der Waals surface area (Å²) in [5.74, 6) is 1.67. The largest absolute Gasteiger partial charge is 0.507 e. The van der Waals surface area contributed by atoms with Crippen LogP contribution in [-0.2, 0) is 31.2 Å². The summed E-state index contributed by atoms with van der Waals surface area (Å²) in [6.45, 7) is 24.6. The van der Waals surface area contributed by atoms with Crippen LogP contribution in [0, 0.1) is 17.8 Å². The second-order valence-electron chi connectivity index (χ2n) is 20.8. The van der Waals surface area contributed by atoms with Crippen LogP contribution in [0.4, 0.5) is 0 Å². The van der Waals surface area contributed by atoms with Gasteiger partial charge < -0.3 is 14.9 Å². The van der Waals surface area contributed by atoms with Gasteiger partial charge in [-0.2, -0.15) is 0 Å². The maximum absolute atomic E-state index is 12.6. The maximum atomic E-state index is 12.6. The molecule has 55 heavy (non-hydrogen) atoms. The molecular formula is C49H72N2O4. The van der Waals surface area contributed by atoms with Crippen molar-refractivity contribution in [3.63, 3.8) is 0 Å². The lowest BCUT2D eigenvalue weighted by atomic mass is 9.75. The molecule has 0 radical (unpaired) electrons. The minimum atomic E-state index is -0.238. The molecule has 5 atom stereocenters. The molecule has 0 spiro atoms. The lowest BCUT2D eigenvalue weighted by Gasteiger charge is -2.30. The molecule has 0 aromatic heterocycles. The highest BCUT2D eigenvalue weighted by molar-refractivity contribution is 5.86. The zero-order valence-electron chi connectivity index (χ0n) is 36.1. The summed E-state index contributed by atoms with van der Waals surface area (Å²) >= 11 is 0. The predicted octanol–water partition coefficient (Wildman–Crippen LogP) is 11.8. The highest BCUT2D eigenvalue weighted by Gasteiger charge is 2.40. The standard InChI is InChI=1S/C49H72N2O4/c1-46(2,3)36-26-34(43(52)39(28-36)47(4,5)6)30-50-41-18-14-15-19-42(41)51-31-35-27-37(29-40(44(35)53)48(7,8)9)49(10,11)22-16-12-13-17-23-55-45(54)38-25-32-20-21-33(38)24-32/h20-21,26-33,38,41-42,52-53H,12-19,22-25H2,1-11H3/t32?,33?,38?,41-,42-/m1/s1. The summed E-state index contributed by atoms with van der Waals surface area (Å²) in [6, 6.07) is 8.58. The molecule has 2 aromatic rings. The Morgan fingerprint density at radius 1 is 0.691 bits per heavy atom. The van der Waals surface area contributed by atoms with Crippen LogP contribution < -0.4 is 0 Å². The first-order valence-electron chi connectivity index (χ1n) is 21.3. The topological polar surface area (TPSA) is 91.5 Å². The fraction of sp³-hybridized carbons (Fsp3) is 0.653. The first-order chi connectivity index (χ1) is 25.6. The van der Waals surface area contributed by atoms with Crippen molar-refractivity contribution in [2.45, 2.75) is 181 Å². The fourth-order valence-electron chi connectivity index (χ4n) is 8.77. The summed E-state index contributed by atoms with van der Waals surface area (Å²) in [7, 11) is 0. The van der Waals surface area contributed by atoms with Gasteiger partial charge >= 0.3 is 5.97 Å². The van der Waals surface area contributed by atoms with E-state index in [0.29, 0.717) is 29.9 Å². The van der Waals surface area contributed by atoms with E-state index in [2.05, 4.69) is 113 Å². The molecule has 0 aliphatic heterocycles. The summed E-state index contributed by atoms with van der Waals surface area (Å²) in [5, 5.41) is 23.0. The van der Waals surface area contributed by atoms with Crippen molar-refractivity contribution in [3.05, 3.63) is 69.8 Å². The lowest BCUT2D eigenvalue weighted by molar-refractivity contribution is -0.149. The minimum absolute atomic E-state index is 0.00131. The van der Waals surface area contributed by atoms with Gasteiger partial charge in [0.05, 0.1) is 24.6 Å². The molecule has 0 saturated heterocycles. The molecule has 2 bridgehead atoms. The number of esters is 1. The van der Waals surface area contributed by atoms with Crippen LogP contribution in [0.25, 0.3) is 0 Å². The van der Waals surface area contributed by atoms with E-state index < -0.39 is 0 Å². The number of phenolic OH excluding ortho intramolecular Hbond substituents is 2. The number of ether oxygens (including phenoxy) is 1. The van der Waals surface area contributed by atoms with Crippen molar-refractivity contribution in [1.29, 1.82) is 0 Å². The van der Waals surface area contributed by atoms with E-state index in [9.17, 15) is 15.0 Å². The first-order valence-corrected chi connectivity index (χ1v) is 21.3. The van der Waals surface area contributed by atoms with E-state index in [0.717, 1.165) is 92.9 Å². The second-order valence-corrected chi connectivity index (χ2v) is 20.8. The first kappa shape index (κ1) is 42.7. The van der Waals surface area contributed by atoms with Crippen molar-refractivity contribution in [1.82, 2.24) is 0 Å². The van der Waals surface area contributed by atoms with Gasteiger partial charge in [0.25, 0.3) is 0 Å². The second kappa shape index (κ2) is 17.0. The Bertz CT molecular complexity index is 1750. The van der Waals surface area contributed by atoms with Gasteiger partial charge in [-0.3, -0.25) is 14.8 Å². The molecule has 2 saturated carbocycles. The third-order valence-corrected chi connectivity index (χ3v) is 12.6. The smallest absolute Gasteiger partial charge is 0.309 e. The van der Waals surface area contributed by atoms with Gasteiger partial charge in [0.1, 0.15) is 11.5 Å². The Kier molecular flexibility index (Phi) is 13.2. The molecule has 6 nitrogen and oxygen atoms in total. The summed E-state index contributed by atoms with van der Waals surface area (Å²) in [4.78, 5) is 22.8. The normalized spacial score (nSPS) is 23.4. The Morgan fingerprint density at radius 3 is 1.71 bits per heavy atom. The van der Waals surface area contributed by atoms with Crippen LogP contribution >= 0.6 is 0 Å². The molecular weight excluding hydrogens is 681 g/mol. The Morgan fingerprint density at radius 2 is 1.22 bits per heavy atom. The molecule has 2 fully saturated rings. The number of rotatable bonds is 13. The number of nitrogens with zero attached hydrogens (tertiary/aromatic N) is 2. The number of phenols is 2. The highest BCUT2D eigenvalue weighted by Crippen LogP contribution is 2.44. The number of fused-ring (bicyclic) bond motifs is 2. The Labute approximate surface area is 333 Å². The zero-order chi connectivity index (χ0) is 40.3. The van der Waals surface area contributed by atoms with Gasteiger partial charge in [0, 0.05) is 34.7 Å². The molecule has 2 aromatic carbocycles. The quantitative estimate of drug-likeness (QED) is 0.0922. The third kappa shape index (κ3) is 10.7. The van der Waals surface area contributed by atoms with Gasteiger partial charge in [-0.25, -0.2) is 0 Å². The molecule has 6 heteroatoms. The monoisotopic (exact) mass is 753 g/mol. The third-order valence-electron chi connectivity index (χ3n) is 12.6. The van der Waals surface area contributed by atoms with E-state index in [1.165, 1.54) is 11.1 Å². The average molecular weight is 753 g/mol. The van der Waals surface area contributed by atoms with Crippen molar-refractivity contribution in [3.8, 4) is 11.5 Å². The van der Waals surface area contributed by atoms with E-state index in [-0.39, 0.29) is 45.6 Å². The number of aromatic hydroxyl groups is 2. The molecule has 2 N–H and O–H groups in total. The number of unbranched alkanes of at least 4 members (excludes halogenated alkanes) is 3. The van der Waals surface area contributed by atoms with E-state index >= 15 is 0 Å². The van der Waals surface area contributed by atoms with Gasteiger partial charge in [-0.15, -0.1) is 0 Å².